The van der Waals surface area contributed by atoms with Crippen molar-refractivity contribution in [1.82, 2.24) is 5.32 Å². The summed E-state index contributed by atoms with van der Waals surface area (Å²) < 4.78 is 79.5. The standard InChI is InChI=1S/C19H20FNO3.C2H2O4/c20-15-3-1-13(2-4-15)17-7-8-21-10-14(17)11-22-16-5-6-18-19(9-16)24-12-23-18;3-1(4)2(5)6/h1-6,9,14,17,21H,7-8,10-12H2;(H,3,4)(H,5,6)/t14-,17-;/m0./s1/i8D2,10D2,11D2;. The van der Waals surface area contributed by atoms with Crippen LogP contribution >= 0.6 is 0 Å². The van der Waals surface area contributed by atoms with E-state index in [2.05, 4.69) is 5.32 Å². The van der Waals surface area contributed by atoms with Gasteiger partial charge < -0.3 is 29.7 Å². The second-order valence-corrected chi connectivity index (χ2v) is 6.13. The molecule has 9 heteroatoms. The number of benzene rings is 2. The minimum absolute atomic E-state index is 0.0441. The van der Waals surface area contributed by atoms with Gasteiger partial charge in [0.25, 0.3) is 0 Å². The number of halogens is 1. The number of rotatable bonds is 4. The van der Waals surface area contributed by atoms with Crippen molar-refractivity contribution in [1.29, 1.82) is 0 Å². The molecule has 0 amide bonds. The van der Waals surface area contributed by atoms with Crippen LogP contribution in [-0.2, 0) is 9.59 Å². The van der Waals surface area contributed by atoms with Gasteiger partial charge in [0.05, 0.1) is 9.30 Å². The number of aliphatic carboxylic acids is 2. The molecule has 3 N–H and O–H groups in total. The first-order valence-electron chi connectivity index (χ1n) is 11.7. The van der Waals surface area contributed by atoms with Crippen LogP contribution in [-0.4, -0.2) is 48.5 Å². The van der Waals surface area contributed by atoms with Gasteiger partial charge in [-0.3, -0.25) is 0 Å². The van der Waals surface area contributed by atoms with Crippen LogP contribution in [0.25, 0.3) is 0 Å². The van der Waals surface area contributed by atoms with E-state index in [1.165, 1.54) is 36.4 Å². The molecule has 4 rings (SSSR count). The molecule has 1 saturated heterocycles. The number of piperidine rings is 1. The number of carbonyl (C=O) groups is 2. The van der Waals surface area contributed by atoms with Crippen molar-refractivity contribution in [3.63, 3.8) is 0 Å². The molecule has 1 fully saturated rings. The van der Waals surface area contributed by atoms with Crippen LogP contribution in [0.2, 0.25) is 0 Å². The van der Waals surface area contributed by atoms with E-state index < -0.39 is 49.1 Å². The third kappa shape index (κ3) is 5.60. The topological polar surface area (TPSA) is 114 Å². The van der Waals surface area contributed by atoms with Gasteiger partial charge in [-0.1, -0.05) is 12.1 Å². The summed E-state index contributed by atoms with van der Waals surface area (Å²) in [5.41, 5.74) is 0.425. The first kappa shape index (κ1) is 14.6. The summed E-state index contributed by atoms with van der Waals surface area (Å²) >= 11 is 0. The van der Waals surface area contributed by atoms with Crippen LogP contribution in [0.1, 0.15) is 26.1 Å². The second-order valence-electron chi connectivity index (χ2n) is 6.13. The minimum atomic E-state index is -2.54. The van der Waals surface area contributed by atoms with E-state index in [0.29, 0.717) is 17.1 Å². The highest BCUT2D eigenvalue weighted by Gasteiger charge is 2.27. The largest absolute Gasteiger partial charge is 0.493 e. The molecule has 0 aliphatic carbocycles. The Morgan fingerprint density at radius 2 is 1.87 bits per heavy atom. The average Bonchev–Trinajstić information content (AvgIpc) is 3.19. The quantitative estimate of drug-likeness (QED) is 0.640. The zero-order valence-corrected chi connectivity index (χ0v) is 15.4. The average molecular weight is 425 g/mol. The molecule has 0 spiro atoms. The van der Waals surface area contributed by atoms with Crippen molar-refractivity contribution in [2.45, 2.75) is 12.3 Å². The van der Waals surface area contributed by atoms with Crippen molar-refractivity contribution in [2.24, 2.45) is 5.92 Å². The van der Waals surface area contributed by atoms with E-state index in [4.69, 9.17) is 42.2 Å². The lowest BCUT2D eigenvalue weighted by Crippen LogP contribution is -2.38. The van der Waals surface area contributed by atoms with Crippen LogP contribution < -0.4 is 19.5 Å². The van der Waals surface area contributed by atoms with Gasteiger partial charge in [0.15, 0.2) is 11.5 Å². The number of carboxylic acids is 2. The monoisotopic (exact) mass is 425 g/mol. The minimum Gasteiger partial charge on any atom is -0.493 e. The molecule has 2 aromatic rings. The van der Waals surface area contributed by atoms with E-state index in [9.17, 15) is 4.39 Å². The lowest BCUT2D eigenvalue weighted by atomic mass is 9.81. The van der Waals surface area contributed by atoms with Gasteiger partial charge >= 0.3 is 11.9 Å². The SMILES string of the molecule is O=C(O)C(=O)O.[2H]C1([2H])C[C@@H](c2ccc(F)cc2)[C@H](C([2H])([2H])Oc2ccc3c(c2)OCO3)C([2H])([2H])N1. The van der Waals surface area contributed by atoms with Gasteiger partial charge in [-0.15, -0.1) is 0 Å². The number of hydrogen-bond donors (Lipinski definition) is 3. The number of fused-ring (bicyclic) bond motifs is 1. The van der Waals surface area contributed by atoms with E-state index in [1.807, 2.05) is 0 Å². The van der Waals surface area contributed by atoms with Gasteiger partial charge in [0.1, 0.15) is 11.6 Å². The van der Waals surface area contributed by atoms with Crippen LogP contribution in [0.5, 0.6) is 17.2 Å². The first-order chi connectivity index (χ1) is 16.6. The lowest BCUT2D eigenvalue weighted by molar-refractivity contribution is -0.159. The summed E-state index contributed by atoms with van der Waals surface area (Å²) in [6, 6.07) is 9.73. The summed E-state index contributed by atoms with van der Waals surface area (Å²) in [6.45, 7) is -7.04. The van der Waals surface area contributed by atoms with E-state index >= 15 is 0 Å². The molecule has 160 valence electrons. The Balaban J connectivity index is 0.000000538. The molecule has 0 aromatic heterocycles. The normalized spacial score (nSPS) is 26.2. The van der Waals surface area contributed by atoms with E-state index in [1.54, 1.807) is 6.07 Å². The smallest absolute Gasteiger partial charge is 0.414 e. The van der Waals surface area contributed by atoms with Gasteiger partial charge in [-0.05, 0) is 48.7 Å². The van der Waals surface area contributed by atoms with Crippen molar-refractivity contribution in [3.8, 4) is 17.2 Å². The summed E-state index contributed by atoms with van der Waals surface area (Å²) in [5, 5.41) is 17.0. The Bertz CT molecular complexity index is 1120. The number of hydrogen-bond acceptors (Lipinski definition) is 6. The zero-order valence-electron chi connectivity index (χ0n) is 21.4. The first-order valence-corrected chi connectivity index (χ1v) is 8.71. The Hall–Kier alpha value is -3.33. The molecular formula is C21H22FNO7. The van der Waals surface area contributed by atoms with Crippen LogP contribution in [0.15, 0.2) is 42.5 Å². The summed E-state index contributed by atoms with van der Waals surface area (Å²) in [5.74, 6) is -5.49. The Kier molecular flexibility index (Phi) is 4.84. The molecule has 0 radical (unpaired) electrons. The van der Waals surface area contributed by atoms with E-state index in [0.717, 1.165) is 0 Å². The fraction of sp³-hybridized carbons (Fsp3) is 0.333. The van der Waals surface area contributed by atoms with Gasteiger partial charge in [-0.25, -0.2) is 14.0 Å². The molecule has 2 aromatic carbocycles. The highest BCUT2D eigenvalue weighted by Crippen LogP contribution is 2.36. The third-order valence-electron chi connectivity index (χ3n) is 4.17. The highest BCUT2D eigenvalue weighted by molar-refractivity contribution is 6.27. The molecule has 2 aliphatic heterocycles. The van der Waals surface area contributed by atoms with Crippen molar-refractivity contribution in [2.75, 3.05) is 26.3 Å². The predicted octanol–water partition coefficient (Wildman–Crippen LogP) is 2.48. The molecule has 2 heterocycles. The maximum atomic E-state index is 13.4. The van der Waals surface area contributed by atoms with Gasteiger partial charge in [-0.2, -0.15) is 0 Å². The molecule has 30 heavy (non-hydrogen) atoms. The molecule has 2 aliphatic rings. The summed E-state index contributed by atoms with van der Waals surface area (Å²) in [4.78, 5) is 18.2. The zero-order chi connectivity index (χ0) is 26.9. The molecule has 0 saturated carbocycles. The lowest BCUT2D eigenvalue weighted by Gasteiger charge is -2.32. The van der Waals surface area contributed by atoms with Crippen LogP contribution in [0.3, 0.4) is 0 Å². The maximum Gasteiger partial charge on any atom is 0.414 e. The molecule has 2 atom stereocenters. The van der Waals surface area contributed by atoms with E-state index in [-0.39, 0.29) is 19.0 Å². The maximum absolute atomic E-state index is 13.4. The second kappa shape index (κ2) is 9.93. The Labute approximate surface area is 180 Å². The number of nitrogens with one attached hydrogen (secondary N) is 1. The molecule has 0 bridgehead atoms. The van der Waals surface area contributed by atoms with Crippen LogP contribution in [0.4, 0.5) is 4.39 Å². The van der Waals surface area contributed by atoms with Crippen molar-refractivity contribution in [3.05, 3.63) is 53.8 Å². The highest BCUT2D eigenvalue weighted by atomic mass is 19.1. The van der Waals surface area contributed by atoms with Gasteiger partial charge in [0, 0.05) is 24.0 Å². The molecular weight excluding hydrogens is 397 g/mol. The fourth-order valence-electron chi connectivity index (χ4n) is 2.71. The predicted molar refractivity (Wildman–Crippen MR) is 103 cm³/mol. The summed E-state index contributed by atoms with van der Waals surface area (Å²) in [6.07, 6.45) is -0.215. The third-order valence-corrected chi connectivity index (χ3v) is 4.17. The molecule has 0 unspecified atom stereocenters. The Morgan fingerprint density at radius 3 is 2.57 bits per heavy atom. The van der Waals surface area contributed by atoms with Crippen LogP contribution in [0, 0.1) is 11.7 Å². The molecule has 8 nitrogen and oxygen atoms in total. The van der Waals surface area contributed by atoms with Crippen molar-refractivity contribution >= 4 is 11.9 Å². The Morgan fingerprint density at radius 1 is 1.17 bits per heavy atom. The summed E-state index contributed by atoms with van der Waals surface area (Å²) in [7, 11) is 0. The van der Waals surface area contributed by atoms with Gasteiger partial charge in [0.2, 0.25) is 6.79 Å². The fourth-order valence-corrected chi connectivity index (χ4v) is 2.71. The number of ether oxygens (including phenoxy) is 3. The number of carboxylic acid groups (broad SMARTS) is 2. The van der Waals surface area contributed by atoms with Crippen molar-refractivity contribution < 1.29 is 46.6 Å².